The van der Waals surface area contributed by atoms with Crippen LogP contribution < -0.4 is 15.4 Å². The monoisotopic (exact) mass is 460 g/mol. The number of nitrogens with zero attached hydrogens (tertiary/aromatic N) is 2. The molecule has 2 aromatic rings. The van der Waals surface area contributed by atoms with E-state index in [2.05, 4.69) is 15.6 Å². The Kier molecular flexibility index (Phi) is 7.81. The summed E-state index contributed by atoms with van der Waals surface area (Å²) < 4.78 is 32.4. The molecule has 3 rings (SSSR count). The number of methoxy groups -OCH3 is 1. The summed E-state index contributed by atoms with van der Waals surface area (Å²) in [6.45, 7) is 2.28. The third-order valence-electron chi connectivity index (χ3n) is 5.37. The Labute approximate surface area is 188 Å². The fourth-order valence-electron chi connectivity index (χ4n) is 3.50. The van der Waals surface area contributed by atoms with Crippen molar-refractivity contribution in [3.63, 3.8) is 0 Å². The molecule has 172 valence electrons. The predicted octanol–water partition coefficient (Wildman–Crippen LogP) is 1.31. The minimum absolute atomic E-state index is 0.0719. The maximum atomic E-state index is 13.0. The smallest absolute Gasteiger partial charge is 0.243 e. The highest BCUT2D eigenvalue weighted by Crippen LogP contribution is 2.25. The van der Waals surface area contributed by atoms with Gasteiger partial charge in [-0.2, -0.15) is 4.31 Å². The van der Waals surface area contributed by atoms with E-state index in [4.69, 9.17) is 4.74 Å². The maximum absolute atomic E-state index is 13.0. The van der Waals surface area contributed by atoms with Crippen LogP contribution in [0.15, 0.2) is 53.6 Å². The van der Waals surface area contributed by atoms with Crippen molar-refractivity contribution < 1.29 is 22.7 Å². The molecule has 0 bridgehead atoms. The first-order chi connectivity index (χ1) is 15.3. The summed E-state index contributed by atoms with van der Waals surface area (Å²) >= 11 is 0. The van der Waals surface area contributed by atoms with Gasteiger partial charge in [0.2, 0.25) is 21.8 Å². The molecule has 9 nitrogen and oxygen atoms in total. The number of ether oxygens (including phenoxy) is 1. The zero-order valence-corrected chi connectivity index (χ0v) is 19.0. The lowest BCUT2D eigenvalue weighted by atomic mass is 9.98. The van der Waals surface area contributed by atoms with E-state index in [0.29, 0.717) is 30.8 Å². The van der Waals surface area contributed by atoms with Gasteiger partial charge in [0.25, 0.3) is 0 Å². The molecule has 1 aliphatic rings. The first-order valence-electron chi connectivity index (χ1n) is 10.4. The van der Waals surface area contributed by atoms with Gasteiger partial charge in [-0.1, -0.05) is 6.07 Å². The second-order valence-corrected chi connectivity index (χ2v) is 9.58. The maximum Gasteiger partial charge on any atom is 0.243 e. The van der Waals surface area contributed by atoms with Gasteiger partial charge in [0.15, 0.2) is 0 Å². The minimum Gasteiger partial charge on any atom is -0.497 e. The van der Waals surface area contributed by atoms with Gasteiger partial charge in [0.1, 0.15) is 11.8 Å². The van der Waals surface area contributed by atoms with E-state index < -0.39 is 22.0 Å². The van der Waals surface area contributed by atoms with Gasteiger partial charge < -0.3 is 15.4 Å². The topological polar surface area (TPSA) is 118 Å². The molecule has 1 aromatic heterocycles. The van der Waals surface area contributed by atoms with E-state index in [1.807, 2.05) is 6.07 Å². The first kappa shape index (κ1) is 23.7. The predicted molar refractivity (Wildman–Crippen MR) is 118 cm³/mol. The number of rotatable bonds is 8. The molecule has 0 saturated carbocycles. The molecule has 0 radical (unpaired) electrons. The third kappa shape index (κ3) is 5.83. The van der Waals surface area contributed by atoms with Crippen molar-refractivity contribution >= 4 is 21.8 Å². The number of hydrogen-bond acceptors (Lipinski definition) is 6. The fourth-order valence-corrected chi connectivity index (χ4v) is 5.03. The van der Waals surface area contributed by atoms with Crippen molar-refractivity contribution in [1.29, 1.82) is 0 Å². The lowest BCUT2D eigenvalue weighted by Gasteiger charge is -2.31. The summed E-state index contributed by atoms with van der Waals surface area (Å²) in [5, 5.41) is 5.44. The zero-order chi connectivity index (χ0) is 23.1. The van der Waals surface area contributed by atoms with E-state index in [1.165, 1.54) is 23.5 Å². The summed E-state index contributed by atoms with van der Waals surface area (Å²) in [4.78, 5) is 29.4. The number of amides is 2. The van der Waals surface area contributed by atoms with Gasteiger partial charge >= 0.3 is 0 Å². The van der Waals surface area contributed by atoms with Gasteiger partial charge in [-0.15, -0.1) is 0 Å². The number of pyridine rings is 1. The number of sulfonamides is 1. The highest BCUT2D eigenvalue weighted by atomic mass is 32.2. The van der Waals surface area contributed by atoms with Crippen LogP contribution in [0.3, 0.4) is 0 Å². The molecule has 0 aliphatic carbocycles. The molecule has 1 aliphatic heterocycles. The number of benzene rings is 1. The van der Waals surface area contributed by atoms with E-state index >= 15 is 0 Å². The van der Waals surface area contributed by atoms with E-state index in [-0.39, 0.29) is 29.8 Å². The molecule has 1 saturated heterocycles. The van der Waals surface area contributed by atoms with E-state index in [0.717, 1.165) is 0 Å². The zero-order valence-electron chi connectivity index (χ0n) is 18.2. The van der Waals surface area contributed by atoms with Crippen LogP contribution in [-0.2, 0) is 26.2 Å². The summed E-state index contributed by atoms with van der Waals surface area (Å²) in [6, 6.07) is 10.8. The van der Waals surface area contributed by atoms with E-state index in [9.17, 15) is 18.0 Å². The molecule has 2 heterocycles. The molecule has 0 spiro atoms. The molecular weight excluding hydrogens is 432 g/mol. The number of aromatic nitrogens is 1. The van der Waals surface area contributed by atoms with Crippen LogP contribution in [0.2, 0.25) is 0 Å². The molecule has 2 atom stereocenters. The molecular formula is C22H28N4O5S. The van der Waals surface area contributed by atoms with Crippen LogP contribution in [0.1, 0.15) is 25.5 Å². The Balaban J connectivity index is 1.56. The van der Waals surface area contributed by atoms with Crippen LogP contribution >= 0.6 is 0 Å². The van der Waals surface area contributed by atoms with Crippen LogP contribution in [0.4, 0.5) is 0 Å². The summed E-state index contributed by atoms with van der Waals surface area (Å²) in [6.07, 6.45) is 2.76. The van der Waals surface area contributed by atoms with Crippen LogP contribution in [0.5, 0.6) is 5.75 Å². The van der Waals surface area contributed by atoms with Crippen molar-refractivity contribution in [2.75, 3.05) is 20.2 Å². The fraction of sp³-hybridized carbons (Fsp3) is 0.409. The largest absolute Gasteiger partial charge is 0.497 e. The Bertz CT molecular complexity index is 1030. The number of piperidine rings is 1. The van der Waals surface area contributed by atoms with Crippen LogP contribution in [-0.4, -0.2) is 55.8 Å². The number of carbonyl (C=O) groups excluding carboxylic acids is 2. The second kappa shape index (κ2) is 10.6. The van der Waals surface area contributed by atoms with Crippen molar-refractivity contribution in [2.45, 2.75) is 37.2 Å². The number of nitrogens with one attached hydrogen (secondary N) is 2. The number of hydrogen-bond donors (Lipinski definition) is 2. The van der Waals surface area contributed by atoms with Crippen LogP contribution in [0.25, 0.3) is 0 Å². The van der Waals surface area contributed by atoms with Gasteiger partial charge in [0, 0.05) is 19.3 Å². The summed E-state index contributed by atoms with van der Waals surface area (Å²) in [5.41, 5.74) is 0.714. The lowest BCUT2D eigenvalue weighted by molar-refractivity contribution is -0.131. The molecule has 0 unspecified atom stereocenters. The summed E-state index contributed by atoms with van der Waals surface area (Å²) in [5.74, 6) is -0.624. The molecule has 10 heteroatoms. The van der Waals surface area contributed by atoms with Gasteiger partial charge in [0.05, 0.1) is 30.2 Å². The highest BCUT2D eigenvalue weighted by molar-refractivity contribution is 7.89. The normalized spacial score (nSPS) is 17.9. The van der Waals surface area contributed by atoms with Crippen molar-refractivity contribution in [3.05, 3.63) is 54.4 Å². The Morgan fingerprint density at radius 1 is 1.22 bits per heavy atom. The molecule has 1 fully saturated rings. The third-order valence-corrected chi connectivity index (χ3v) is 7.25. The SMILES string of the molecule is COc1ccc(S(=O)(=O)N2CCC[C@H](C(=O)N[C@@H](C)C(=O)NCc3ccccn3)C2)cc1. The lowest BCUT2D eigenvalue weighted by Crippen LogP contribution is -2.50. The highest BCUT2D eigenvalue weighted by Gasteiger charge is 2.34. The number of carbonyl (C=O) groups is 2. The quantitative estimate of drug-likeness (QED) is 0.613. The second-order valence-electron chi connectivity index (χ2n) is 7.65. The molecule has 32 heavy (non-hydrogen) atoms. The average molecular weight is 461 g/mol. The Morgan fingerprint density at radius 3 is 2.62 bits per heavy atom. The van der Waals surface area contributed by atoms with Crippen molar-refractivity contribution in [1.82, 2.24) is 19.9 Å². The Morgan fingerprint density at radius 2 is 1.97 bits per heavy atom. The Hall–Kier alpha value is -2.98. The van der Waals surface area contributed by atoms with Gasteiger partial charge in [-0.3, -0.25) is 14.6 Å². The molecule has 1 aromatic carbocycles. The molecule has 2 amide bonds. The standard InChI is InChI=1S/C22H28N4O5S/c1-16(21(27)24-14-18-7-3-4-12-23-18)25-22(28)17-6-5-13-26(15-17)32(29,30)20-10-8-19(31-2)9-11-20/h3-4,7-12,16-17H,5-6,13-15H2,1-2H3,(H,24,27)(H,25,28)/t16-,17-/m0/s1. The average Bonchev–Trinajstić information content (AvgIpc) is 2.83. The molecule has 2 N–H and O–H groups in total. The van der Waals surface area contributed by atoms with Crippen molar-refractivity contribution in [2.24, 2.45) is 5.92 Å². The van der Waals surface area contributed by atoms with E-state index in [1.54, 1.807) is 37.4 Å². The summed E-state index contributed by atoms with van der Waals surface area (Å²) in [7, 11) is -2.21. The van der Waals surface area contributed by atoms with Crippen LogP contribution in [0, 0.1) is 5.92 Å². The van der Waals surface area contributed by atoms with Crippen molar-refractivity contribution in [3.8, 4) is 5.75 Å². The first-order valence-corrected chi connectivity index (χ1v) is 11.9. The minimum atomic E-state index is -3.73. The van der Waals surface area contributed by atoms with Gasteiger partial charge in [-0.05, 0) is 56.2 Å². The van der Waals surface area contributed by atoms with Gasteiger partial charge in [-0.25, -0.2) is 8.42 Å².